The van der Waals surface area contributed by atoms with Crippen LogP contribution in [0.15, 0.2) is 9.66 Å². The molecular weight excluding hydrogens is 414 g/mol. The summed E-state index contributed by atoms with van der Waals surface area (Å²) in [6.07, 6.45) is 2.25. The summed E-state index contributed by atoms with van der Waals surface area (Å²) >= 11 is 3.65. The summed E-state index contributed by atoms with van der Waals surface area (Å²) in [6.45, 7) is 3.54. The predicted molar refractivity (Wildman–Crippen MR) is 71.1 cm³/mol. The van der Waals surface area contributed by atoms with Crippen molar-refractivity contribution in [1.82, 2.24) is 0 Å². The lowest BCUT2D eigenvalue weighted by Crippen LogP contribution is -2.09. The number of carboxylic acids is 2. The van der Waals surface area contributed by atoms with Crippen molar-refractivity contribution in [2.45, 2.75) is 24.2 Å². The highest BCUT2D eigenvalue weighted by Gasteiger charge is 2.07. The minimum atomic E-state index is -0.858. The van der Waals surface area contributed by atoms with Crippen molar-refractivity contribution < 1.29 is 19.8 Å². The van der Waals surface area contributed by atoms with E-state index < -0.39 is 11.9 Å². The van der Waals surface area contributed by atoms with Gasteiger partial charge in [0, 0.05) is 0 Å². The number of hydrogen-bond acceptors (Lipinski definition) is 2. The summed E-state index contributed by atoms with van der Waals surface area (Å²) in [6, 6.07) is 0. The second kappa shape index (κ2) is 9.69. The molecule has 0 bridgehead atoms. The fraction of sp³-hybridized carbons (Fsp3) is 0.500. The number of allylic oxidation sites excluding steroid dienone is 1. The molecule has 0 aliphatic rings. The van der Waals surface area contributed by atoms with Gasteiger partial charge in [0.25, 0.3) is 0 Å². The number of aliphatic carboxylic acids is 2. The van der Waals surface area contributed by atoms with Gasteiger partial charge >= 0.3 is 11.9 Å². The number of carbonyl (C=O) groups is 2. The molecule has 1 atom stereocenters. The maximum absolute atomic E-state index is 9.92. The third-order valence-corrected chi connectivity index (χ3v) is 3.58. The van der Waals surface area contributed by atoms with Gasteiger partial charge in [0.1, 0.15) is 3.92 Å². The third kappa shape index (κ3) is 10.2. The number of alkyl halides is 1. The summed E-state index contributed by atoms with van der Waals surface area (Å²) in [4.78, 5) is 19.8. The SMILES string of the molecule is CC=C(I)C(=O)O.CCC(I)C(=O)O. The van der Waals surface area contributed by atoms with E-state index in [2.05, 4.69) is 0 Å². The topological polar surface area (TPSA) is 74.6 Å². The molecular formula is C8H12I2O4. The molecule has 82 valence electrons. The van der Waals surface area contributed by atoms with Crippen molar-refractivity contribution in [2.75, 3.05) is 0 Å². The van der Waals surface area contributed by atoms with Crippen LogP contribution in [-0.4, -0.2) is 26.1 Å². The Balaban J connectivity index is 0. The average molecular weight is 426 g/mol. The van der Waals surface area contributed by atoms with E-state index in [1.807, 2.05) is 29.5 Å². The molecule has 0 aromatic heterocycles. The van der Waals surface area contributed by atoms with Crippen molar-refractivity contribution in [3.05, 3.63) is 9.66 Å². The molecule has 0 aromatic rings. The molecule has 0 aliphatic heterocycles. The van der Waals surface area contributed by atoms with Gasteiger partial charge in [-0.05, 0) is 35.9 Å². The molecule has 0 saturated heterocycles. The fourth-order valence-electron chi connectivity index (χ4n) is 0.298. The van der Waals surface area contributed by atoms with E-state index in [9.17, 15) is 9.59 Å². The summed E-state index contributed by atoms with van der Waals surface area (Å²) in [5, 5.41) is 16.3. The lowest BCUT2D eigenvalue weighted by Gasteiger charge is -1.94. The molecule has 0 spiro atoms. The quantitative estimate of drug-likeness (QED) is 0.414. The summed E-state index contributed by atoms with van der Waals surface area (Å²) in [7, 11) is 0. The number of halogens is 2. The molecule has 0 fully saturated rings. The number of carboxylic acid groups (broad SMARTS) is 2. The Morgan fingerprint density at radius 3 is 1.86 bits per heavy atom. The van der Waals surface area contributed by atoms with Crippen LogP contribution in [0.2, 0.25) is 0 Å². The van der Waals surface area contributed by atoms with Crippen molar-refractivity contribution >= 4 is 57.1 Å². The molecule has 0 heterocycles. The van der Waals surface area contributed by atoms with Gasteiger partial charge in [-0.15, -0.1) is 0 Å². The maximum atomic E-state index is 9.92. The van der Waals surface area contributed by atoms with Crippen molar-refractivity contribution in [2.24, 2.45) is 0 Å². The summed E-state index contributed by atoms with van der Waals surface area (Å²) < 4.78 is 0.148. The van der Waals surface area contributed by atoms with Crippen molar-refractivity contribution in [3.63, 3.8) is 0 Å². The van der Waals surface area contributed by atoms with Crippen LogP contribution in [0.25, 0.3) is 0 Å². The van der Waals surface area contributed by atoms with Crippen LogP contribution in [0.3, 0.4) is 0 Å². The zero-order valence-electron chi connectivity index (χ0n) is 7.83. The first kappa shape index (κ1) is 16.6. The minimum absolute atomic E-state index is 0.211. The molecule has 0 radical (unpaired) electrons. The Morgan fingerprint density at radius 2 is 1.86 bits per heavy atom. The lowest BCUT2D eigenvalue weighted by molar-refractivity contribution is -0.136. The third-order valence-electron chi connectivity index (χ3n) is 1.08. The van der Waals surface area contributed by atoms with Crippen molar-refractivity contribution in [1.29, 1.82) is 0 Å². The largest absolute Gasteiger partial charge is 0.480 e. The number of hydrogen-bond donors (Lipinski definition) is 2. The minimum Gasteiger partial charge on any atom is -0.480 e. The average Bonchev–Trinajstić information content (AvgIpc) is 2.15. The van der Waals surface area contributed by atoms with E-state index in [-0.39, 0.29) is 3.92 Å². The Labute approximate surface area is 110 Å². The van der Waals surface area contributed by atoms with E-state index in [1.54, 1.807) is 35.6 Å². The van der Waals surface area contributed by atoms with Crippen LogP contribution in [0.5, 0.6) is 0 Å². The summed E-state index contributed by atoms with van der Waals surface area (Å²) in [5.74, 6) is -1.58. The van der Waals surface area contributed by atoms with Gasteiger partial charge < -0.3 is 10.2 Å². The monoisotopic (exact) mass is 426 g/mol. The van der Waals surface area contributed by atoms with Gasteiger partial charge in [0.15, 0.2) is 0 Å². The maximum Gasteiger partial charge on any atom is 0.341 e. The molecule has 2 N–H and O–H groups in total. The first-order valence-corrected chi connectivity index (χ1v) is 6.11. The molecule has 0 aliphatic carbocycles. The zero-order valence-corrected chi connectivity index (χ0v) is 12.1. The Hall–Kier alpha value is 0.140. The molecule has 4 nitrogen and oxygen atoms in total. The highest BCUT2D eigenvalue weighted by Crippen LogP contribution is 2.03. The van der Waals surface area contributed by atoms with Gasteiger partial charge in [0.2, 0.25) is 0 Å². The normalized spacial score (nSPS) is 12.4. The smallest absolute Gasteiger partial charge is 0.341 e. The Morgan fingerprint density at radius 1 is 1.43 bits per heavy atom. The van der Waals surface area contributed by atoms with Gasteiger partial charge in [-0.25, -0.2) is 4.79 Å². The highest BCUT2D eigenvalue weighted by atomic mass is 127. The standard InChI is InChI=1S/C4H7IO2.C4H5IO2/c2*1-2-3(5)4(6)7/h3H,2H2,1H3,(H,6,7);2H,1H3,(H,6,7). The van der Waals surface area contributed by atoms with Crippen LogP contribution in [0.1, 0.15) is 20.3 Å². The van der Waals surface area contributed by atoms with Crippen LogP contribution in [-0.2, 0) is 9.59 Å². The molecule has 14 heavy (non-hydrogen) atoms. The molecule has 0 aromatic carbocycles. The highest BCUT2D eigenvalue weighted by molar-refractivity contribution is 14.1. The van der Waals surface area contributed by atoms with Crippen LogP contribution >= 0.6 is 45.2 Å². The van der Waals surface area contributed by atoms with E-state index in [0.717, 1.165) is 0 Å². The molecule has 1 unspecified atom stereocenters. The number of rotatable bonds is 3. The van der Waals surface area contributed by atoms with Crippen LogP contribution < -0.4 is 0 Å². The van der Waals surface area contributed by atoms with Gasteiger partial charge in [0.05, 0.1) is 3.58 Å². The second-order valence-electron chi connectivity index (χ2n) is 2.16. The van der Waals surface area contributed by atoms with E-state index in [0.29, 0.717) is 10.0 Å². The lowest BCUT2D eigenvalue weighted by atomic mass is 10.3. The molecule has 0 rings (SSSR count). The fourth-order valence-corrected chi connectivity index (χ4v) is 0.298. The summed E-state index contributed by atoms with van der Waals surface area (Å²) in [5.41, 5.74) is 0. The van der Waals surface area contributed by atoms with Crippen LogP contribution in [0.4, 0.5) is 0 Å². The van der Waals surface area contributed by atoms with Gasteiger partial charge in [-0.2, -0.15) is 0 Å². The predicted octanol–water partition coefficient (Wildman–Crippen LogP) is 2.69. The van der Waals surface area contributed by atoms with E-state index in [4.69, 9.17) is 10.2 Å². The Bertz CT molecular complexity index is 225. The van der Waals surface area contributed by atoms with Gasteiger partial charge in [-0.1, -0.05) is 35.6 Å². The molecule has 0 amide bonds. The Kier molecular flexibility index (Phi) is 11.5. The second-order valence-corrected chi connectivity index (χ2v) is 4.82. The van der Waals surface area contributed by atoms with E-state index >= 15 is 0 Å². The first-order chi connectivity index (χ1) is 6.36. The zero-order chi connectivity index (χ0) is 11.7. The van der Waals surface area contributed by atoms with Crippen molar-refractivity contribution in [3.8, 4) is 0 Å². The van der Waals surface area contributed by atoms with E-state index in [1.165, 1.54) is 0 Å². The van der Waals surface area contributed by atoms with Gasteiger partial charge in [-0.3, -0.25) is 4.79 Å². The van der Waals surface area contributed by atoms with Crippen LogP contribution in [0, 0.1) is 0 Å². The molecule has 0 saturated carbocycles. The first-order valence-electron chi connectivity index (χ1n) is 3.78. The molecule has 6 heteroatoms.